The first-order valence-corrected chi connectivity index (χ1v) is 6.55. The third kappa shape index (κ3) is 4.16. The molecule has 0 saturated carbocycles. The van der Waals surface area contributed by atoms with Gasteiger partial charge < -0.3 is 5.11 Å². The molecule has 0 heterocycles. The van der Waals surface area contributed by atoms with Crippen LogP contribution < -0.4 is 0 Å². The van der Waals surface area contributed by atoms with E-state index in [0.717, 1.165) is 5.56 Å². The van der Waals surface area contributed by atoms with Crippen molar-refractivity contribution in [3.8, 4) is 0 Å². The van der Waals surface area contributed by atoms with E-state index in [-0.39, 0.29) is 12.5 Å². The summed E-state index contributed by atoms with van der Waals surface area (Å²) in [5.41, 5.74) is 0.960. The molecule has 0 radical (unpaired) electrons. The number of carbonyl (C=O) groups is 1. The second-order valence-corrected chi connectivity index (χ2v) is 5.08. The topological polar surface area (TPSA) is 40.5 Å². The summed E-state index contributed by atoms with van der Waals surface area (Å²) in [5.74, 6) is -0.767. The van der Waals surface area contributed by atoms with Crippen LogP contribution in [0.3, 0.4) is 0 Å². The van der Waals surface area contributed by atoms with Crippen LogP contribution in [-0.2, 0) is 4.79 Å². The van der Waals surface area contributed by atoms with Crippen LogP contribution in [0.4, 0.5) is 0 Å². The van der Waals surface area contributed by atoms with Gasteiger partial charge in [0.15, 0.2) is 0 Å². The Morgan fingerprint density at radius 2 is 2.11 bits per heavy atom. The van der Waals surface area contributed by atoms with E-state index in [9.17, 15) is 4.79 Å². The highest BCUT2D eigenvalue weighted by atomic mass is 35.5. The van der Waals surface area contributed by atoms with Gasteiger partial charge >= 0.3 is 5.97 Å². The summed E-state index contributed by atoms with van der Waals surface area (Å²) in [7, 11) is 1.95. The van der Waals surface area contributed by atoms with Gasteiger partial charge in [-0.1, -0.05) is 35.3 Å². The van der Waals surface area contributed by atoms with Gasteiger partial charge in [0.05, 0.1) is 10.0 Å². The van der Waals surface area contributed by atoms with Crippen LogP contribution in [0.2, 0.25) is 10.0 Å². The molecular weight excluding hydrogens is 273 g/mol. The first-order chi connectivity index (χ1) is 8.43. The molecule has 0 spiro atoms. The van der Waals surface area contributed by atoms with Gasteiger partial charge in [-0.2, -0.15) is 0 Å². The van der Waals surface area contributed by atoms with Gasteiger partial charge in [-0.05, 0) is 38.6 Å². The van der Waals surface area contributed by atoms with Gasteiger partial charge in [-0.15, -0.1) is 0 Å². The number of halogens is 2. The molecular formula is C13H17Cl2NO2. The van der Waals surface area contributed by atoms with Gasteiger partial charge in [0.25, 0.3) is 0 Å². The van der Waals surface area contributed by atoms with Crippen molar-refractivity contribution in [1.29, 1.82) is 0 Å². The predicted molar refractivity (Wildman–Crippen MR) is 74.4 cm³/mol. The van der Waals surface area contributed by atoms with E-state index in [4.69, 9.17) is 28.3 Å². The largest absolute Gasteiger partial charge is 0.481 e. The average molecular weight is 290 g/mol. The van der Waals surface area contributed by atoms with E-state index >= 15 is 0 Å². The molecule has 0 saturated heterocycles. The highest BCUT2D eigenvalue weighted by Gasteiger charge is 2.16. The molecule has 0 amide bonds. The molecule has 3 nitrogen and oxygen atoms in total. The smallest absolute Gasteiger partial charge is 0.303 e. The van der Waals surface area contributed by atoms with Gasteiger partial charge in [0.1, 0.15) is 0 Å². The third-order valence-corrected chi connectivity index (χ3v) is 3.83. The van der Waals surface area contributed by atoms with Crippen molar-refractivity contribution in [2.75, 3.05) is 13.6 Å². The summed E-state index contributed by atoms with van der Waals surface area (Å²) < 4.78 is 0. The Labute approximate surface area is 117 Å². The molecule has 1 aromatic rings. The van der Waals surface area contributed by atoms with E-state index in [0.29, 0.717) is 23.0 Å². The first-order valence-electron chi connectivity index (χ1n) is 5.79. The van der Waals surface area contributed by atoms with Crippen LogP contribution in [0.15, 0.2) is 18.2 Å². The maximum absolute atomic E-state index is 10.5. The molecule has 1 aromatic carbocycles. The highest BCUT2D eigenvalue weighted by Crippen LogP contribution is 2.32. The van der Waals surface area contributed by atoms with E-state index in [1.54, 1.807) is 6.07 Å². The Bertz CT molecular complexity index is 423. The highest BCUT2D eigenvalue weighted by molar-refractivity contribution is 6.42. The first kappa shape index (κ1) is 15.3. The SMILES string of the molecule is CC(c1cccc(Cl)c1Cl)N(C)CCCC(=O)O. The molecule has 1 unspecified atom stereocenters. The molecule has 0 fully saturated rings. The molecule has 1 atom stereocenters. The van der Waals surface area contributed by atoms with Crippen molar-refractivity contribution in [3.05, 3.63) is 33.8 Å². The minimum absolute atomic E-state index is 0.102. The maximum Gasteiger partial charge on any atom is 0.303 e. The number of carboxylic acids is 1. The Kier molecular flexibility index (Phi) is 5.93. The van der Waals surface area contributed by atoms with Crippen molar-refractivity contribution in [1.82, 2.24) is 4.90 Å². The number of benzene rings is 1. The number of nitrogens with zero attached hydrogens (tertiary/aromatic N) is 1. The van der Waals surface area contributed by atoms with E-state index in [2.05, 4.69) is 4.90 Å². The minimum Gasteiger partial charge on any atom is -0.481 e. The zero-order valence-corrected chi connectivity index (χ0v) is 12.0. The quantitative estimate of drug-likeness (QED) is 0.865. The lowest BCUT2D eigenvalue weighted by Gasteiger charge is -2.25. The van der Waals surface area contributed by atoms with Gasteiger partial charge in [-0.25, -0.2) is 0 Å². The van der Waals surface area contributed by atoms with Crippen LogP contribution in [-0.4, -0.2) is 29.6 Å². The fourth-order valence-electron chi connectivity index (χ4n) is 1.75. The van der Waals surface area contributed by atoms with Crippen LogP contribution in [0.5, 0.6) is 0 Å². The Balaban J connectivity index is 2.65. The second kappa shape index (κ2) is 6.98. The predicted octanol–water partition coefficient (Wildman–Crippen LogP) is 3.85. The van der Waals surface area contributed by atoms with Gasteiger partial charge in [0, 0.05) is 12.5 Å². The molecule has 1 N–H and O–H groups in total. The van der Waals surface area contributed by atoms with Crippen molar-refractivity contribution in [3.63, 3.8) is 0 Å². The molecule has 18 heavy (non-hydrogen) atoms. The zero-order chi connectivity index (χ0) is 13.7. The number of hydrogen-bond acceptors (Lipinski definition) is 2. The molecule has 0 bridgehead atoms. The Morgan fingerprint density at radius 1 is 1.44 bits per heavy atom. The lowest BCUT2D eigenvalue weighted by Crippen LogP contribution is -2.24. The van der Waals surface area contributed by atoms with E-state index < -0.39 is 5.97 Å². The number of carboxylic acid groups (broad SMARTS) is 1. The summed E-state index contributed by atoms with van der Waals surface area (Å²) in [6, 6.07) is 5.66. The number of rotatable bonds is 6. The molecule has 5 heteroatoms. The Morgan fingerprint density at radius 3 is 2.72 bits per heavy atom. The minimum atomic E-state index is -0.767. The van der Waals surface area contributed by atoms with Crippen LogP contribution in [0.1, 0.15) is 31.4 Å². The fourth-order valence-corrected chi connectivity index (χ4v) is 2.22. The van der Waals surface area contributed by atoms with E-state index in [1.165, 1.54) is 0 Å². The van der Waals surface area contributed by atoms with Crippen LogP contribution >= 0.6 is 23.2 Å². The van der Waals surface area contributed by atoms with Crippen molar-refractivity contribution in [2.45, 2.75) is 25.8 Å². The normalized spacial score (nSPS) is 12.7. The molecule has 0 aliphatic carbocycles. The molecule has 100 valence electrons. The number of hydrogen-bond donors (Lipinski definition) is 1. The van der Waals surface area contributed by atoms with Crippen LogP contribution in [0.25, 0.3) is 0 Å². The summed E-state index contributed by atoms with van der Waals surface area (Å²) in [5, 5.41) is 9.71. The summed E-state index contributed by atoms with van der Waals surface area (Å²) in [4.78, 5) is 12.5. The molecule has 0 aliphatic rings. The van der Waals surface area contributed by atoms with Gasteiger partial charge in [-0.3, -0.25) is 9.69 Å². The molecule has 0 aliphatic heterocycles. The Hall–Kier alpha value is -0.770. The summed E-state index contributed by atoms with van der Waals surface area (Å²) >= 11 is 12.1. The lowest BCUT2D eigenvalue weighted by molar-refractivity contribution is -0.137. The van der Waals surface area contributed by atoms with Crippen molar-refractivity contribution < 1.29 is 9.90 Å². The van der Waals surface area contributed by atoms with Gasteiger partial charge in [0.2, 0.25) is 0 Å². The summed E-state index contributed by atoms with van der Waals surface area (Å²) in [6.45, 7) is 2.73. The molecule has 0 aromatic heterocycles. The van der Waals surface area contributed by atoms with Crippen molar-refractivity contribution >= 4 is 29.2 Å². The zero-order valence-electron chi connectivity index (χ0n) is 10.5. The van der Waals surface area contributed by atoms with Crippen LogP contribution in [0, 0.1) is 0 Å². The maximum atomic E-state index is 10.5. The van der Waals surface area contributed by atoms with E-state index in [1.807, 2.05) is 26.1 Å². The lowest BCUT2D eigenvalue weighted by atomic mass is 10.1. The second-order valence-electron chi connectivity index (χ2n) is 4.30. The molecule has 1 rings (SSSR count). The monoisotopic (exact) mass is 289 g/mol. The standard InChI is InChI=1S/C13H17Cl2NO2/c1-9(16(2)8-4-7-12(17)18)10-5-3-6-11(14)13(10)15/h3,5-6,9H,4,7-8H2,1-2H3,(H,17,18). The third-order valence-electron chi connectivity index (χ3n) is 2.99. The number of aliphatic carboxylic acids is 1. The summed E-state index contributed by atoms with van der Waals surface area (Å²) in [6.07, 6.45) is 0.800. The fraction of sp³-hybridized carbons (Fsp3) is 0.462. The van der Waals surface area contributed by atoms with Crippen molar-refractivity contribution in [2.24, 2.45) is 0 Å². The average Bonchev–Trinajstić information content (AvgIpc) is 2.31.